The van der Waals surface area contributed by atoms with Gasteiger partial charge in [0.05, 0.1) is 8.58 Å². The van der Waals surface area contributed by atoms with E-state index in [1.54, 1.807) is 0 Å². The summed E-state index contributed by atoms with van der Waals surface area (Å²) in [7, 11) is 1.01. The minimum absolute atomic E-state index is 1.01. The molecule has 0 atom stereocenters. The molecule has 0 aromatic carbocycles. The average Bonchev–Trinajstić information content (AvgIpc) is 2.63. The summed E-state index contributed by atoms with van der Waals surface area (Å²) in [6, 6.07) is 0. The highest BCUT2D eigenvalue weighted by molar-refractivity contribution is 7.49. The summed E-state index contributed by atoms with van der Waals surface area (Å²) in [5.74, 6) is 6.53. The van der Waals surface area contributed by atoms with Gasteiger partial charge in [-0.1, -0.05) is 127 Å². The summed E-state index contributed by atoms with van der Waals surface area (Å²) >= 11 is 0. The maximum absolute atomic E-state index is 3.27. The molecule has 1 radical (unpaired) electrons. The smallest absolute Gasteiger partial charge is 0.0972 e. The van der Waals surface area contributed by atoms with Gasteiger partial charge in [-0.2, -0.15) is 0 Å². The van der Waals surface area contributed by atoms with E-state index in [4.69, 9.17) is 0 Å². The van der Waals surface area contributed by atoms with Crippen molar-refractivity contribution in [2.75, 3.05) is 0 Å². The number of rotatable bonds is 16. The molecule has 0 saturated carbocycles. The van der Waals surface area contributed by atoms with Crippen molar-refractivity contribution in [3.05, 3.63) is 0 Å². The second-order valence-corrected chi connectivity index (χ2v) is 7.81. The highest BCUT2D eigenvalue weighted by Gasteiger charge is 1.91. The van der Waals surface area contributed by atoms with Gasteiger partial charge >= 0.3 is 0 Å². The fraction of sp³-hybridized carbons (Fsp3) is 0.833. The van der Waals surface area contributed by atoms with E-state index in [1.807, 2.05) is 0 Å². The molecule has 0 fully saturated rings. The Morgan fingerprint density at radius 2 is 0.760 bits per heavy atom. The Morgan fingerprint density at radius 1 is 0.440 bits per heavy atom. The molecule has 0 heterocycles. The van der Waals surface area contributed by atoms with Gasteiger partial charge in [0.1, 0.15) is 0 Å². The Kier molecular flexibility index (Phi) is 23.1. The van der Waals surface area contributed by atoms with Crippen molar-refractivity contribution in [1.82, 2.24) is 0 Å². The lowest BCUT2D eigenvalue weighted by Crippen LogP contribution is -1.80. The van der Waals surface area contributed by atoms with Crippen LogP contribution in [0.25, 0.3) is 0 Å². The Morgan fingerprint density at radius 3 is 1.12 bits per heavy atom. The zero-order chi connectivity index (χ0) is 18.3. The molecule has 0 spiro atoms. The van der Waals surface area contributed by atoms with Crippen LogP contribution in [-0.4, -0.2) is 0 Å². The molecule has 0 nitrogen and oxygen atoms in total. The van der Waals surface area contributed by atoms with Crippen LogP contribution in [0.2, 0.25) is 0 Å². The van der Waals surface area contributed by atoms with E-state index < -0.39 is 0 Å². The SMILES string of the molecule is CCCCCCCCCCC#C[P]C#CCCCCCCCCCC. The fourth-order valence-electron chi connectivity index (χ4n) is 2.91. The van der Waals surface area contributed by atoms with Crippen molar-refractivity contribution < 1.29 is 0 Å². The average molecular weight is 362 g/mol. The van der Waals surface area contributed by atoms with Gasteiger partial charge < -0.3 is 0 Å². The van der Waals surface area contributed by atoms with Gasteiger partial charge in [-0.3, -0.25) is 0 Å². The molecule has 0 aliphatic heterocycles. The van der Waals surface area contributed by atoms with Crippen LogP contribution in [0.3, 0.4) is 0 Å². The van der Waals surface area contributed by atoms with Gasteiger partial charge in [-0.25, -0.2) is 0 Å². The lowest BCUT2D eigenvalue weighted by atomic mass is 10.1. The van der Waals surface area contributed by atoms with E-state index in [9.17, 15) is 0 Å². The minimum Gasteiger partial charge on any atom is -0.0972 e. The second kappa shape index (κ2) is 23.5. The standard InChI is InChI=1S/C24H42P/c1-3-5-7-9-11-13-15-17-19-21-23-25-24-22-20-18-16-14-12-10-8-6-4-2/h3-20H2,1-2H3. The Bertz CT molecular complexity index is 327. The van der Waals surface area contributed by atoms with Gasteiger partial charge in [-0.15, -0.1) is 0 Å². The van der Waals surface area contributed by atoms with Gasteiger partial charge in [0.15, 0.2) is 0 Å². The Labute approximate surface area is 161 Å². The maximum atomic E-state index is 3.27. The maximum Gasteiger partial charge on any atom is 0.0995 e. The van der Waals surface area contributed by atoms with Crippen molar-refractivity contribution in [3.63, 3.8) is 0 Å². The normalized spacial score (nSPS) is 10.0. The molecule has 143 valence electrons. The van der Waals surface area contributed by atoms with Crippen molar-refractivity contribution in [3.8, 4) is 23.2 Å². The highest BCUT2D eigenvalue weighted by atomic mass is 31.1. The summed E-state index contributed by atoms with van der Waals surface area (Å²) in [4.78, 5) is 0. The topological polar surface area (TPSA) is 0 Å². The predicted octanol–water partition coefficient (Wildman–Crippen LogP) is 8.92. The third kappa shape index (κ3) is 23.6. The molecular weight excluding hydrogens is 319 g/mol. The van der Waals surface area contributed by atoms with E-state index in [-0.39, 0.29) is 0 Å². The van der Waals surface area contributed by atoms with E-state index in [2.05, 4.69) is 37.0 Å². The summed E-state index contributed by atoms with van der Waals surface area (Å²) < 4.78 is 0. The van der Waals surface area contributed by atoms with E-state index in [1.165, 1.54) is 103 Å². The molecular formula is C24H42P. The molecule has 0 rings (SSSR count). The van der Waals surface area contributed by atoms with E-state index in [0.29, 0.717) is 0 Å². The molecule has 0 aliphatic carbocycles. The Hall–Kier alpha value is -0.450. The van der Waals surface area contributed by atoms with Crippen molar-refractivity contribution >= 4 is 8.58 Å². The number of unbranched alkanes of at least 4 members (excludes halogenated alkanes) is 16. The monoisotopic (exact) mass is 361 g/mol. The zero-order valence-electron chi connectivity index (χ0n) is 17.2. The quantitative estimate of drug-likeness (QED) is 0.146. The van der Waals surface area contributed by atoms with Gasteiger partial charge in [0.25, 0.3) is 0 Å². The van der Waals surface area contributed by atoms with Crippen molar-refractivity contribution in [2.45, 2.75) is 129 Å². The molecule has 0 amide bonds. The number of hydrogen-bond acceptors (Lipinski definition) is 0. The van der Waals surface area contributed by atoms with E-state index >= 15 is 0 Å². The molecule has 0 aromatic heterocycles. The number of hydrogen-bond donors (Lipinski definition) is 0. The largest absolute Gasteiger partial charge is 0.0995 e. The molecule has 0 bridgehead atoms. The molecule has 1 heteroatoms. The second-order valence-electron chi connectivity index (χ2n) is 7.14. The summed E-state index contributed by atoms with van der Waals surface area (Å²) in [6.07, 6.45) is 24.1. The highest BCUT2D eigenvalue weighted by Crippen LogP contribution is 2.11. The molecule has 0 aliphatic rings. The van der Waals surface area contributed by atoms with Crippen LogP contribution in [0.4, 0.5) is 0 Å². The van der Waals surface area contributed by atoms with E-state index in [0.717, 1.165) is 21.4 Å². The molecule has 25 heavy (non-hydrogen) atoms. The third-order valence-electron chi connectivity index (χ3n) is 4.58. The van der Waals surface area contributed by atoms with Crippen molar-refractivity contribution in [1.29, 1.82) is 0 Å². The van der Waals surface area contributed by atoms with Gasteiger partial charge in [0.2, 0.25) is 0 Å². The predicted molar refractivity (Wildman–Crippen MR) is 117 cm³/mol. The first-order chi connectivity index (χ1) is 12.4. The summed E-state index contributed by atoms with van der Waals surface area (Å²) in [5.41, 5.74) is 6.37. The lowest BCUT2D eigenvalue weighted by Gasteiger charge is -1.99. The van der Waals surface area contributed by atoms with Gasteiger partial charge in [0, 0.05) is 12.8 Å². The van der Waals surface area contributed by atoms with Crippen LogP contribution >= 0.6 is 8.58 Å². The van der Waals surface area contributed by atoms with Crippen LogP contribution < -0.4 is 0 Å². The fourth-order valence-corrected chi connectivity index (χ4v) is 3.35. The Balaban J connectivity index is 3.22. The lowest BCUT2D eigenvalue weighted by molar-refractivity contribution is 0.579. The first-order valence-electron chi connectivity index (χ1n) is 11.1. The van der Waals surface area contributed by atoms with Gasteiger partial charge in [-0.05, 0) is 12.8 Å². The van der Waals surface area contributed by atoms with Crippen LogP contribution in [0.15, 0.2) is 0 Å². The van der Waals surface area contributed by atoms with Crippen molar-refractivity contribution in [2.24, 2.45) is 0 Å². The summed E-state index contributed by atoms with van der Waals surface area (Å²) in [5, 5.41) is 0. The molecule has 0 unspecified atom stereocenters. The first-order valence-corrected chi connectivity index (χ1v) is 12.0. The van der Waals surface area contributed by atoms with Crippen LogP contribution in [0.5, 0.6) is 0 Å². The molecule has 0 aromatic rings. The summed E-state index contributed by atoms with van der Waals surface area (Å²) in [6.45, 7) is 4.55. The molecule has 0 saturated heterocycles. The first kappa shape index (κ1) is 24.6. The van der Waals surface area contributed by atoms with Crippen LogP contribution in [0, 0.1) is 23.2 Å². The molecule has 0 N–H and O–H groups in total. The zero-order valence-corrected chi connectivity index (χ0v) is 18.1. The van der Waals surface area contributed by atoms with Crippen LogP contribution in [-0.2, 0) is 0 Å². The minimum atomic E-state index is 1.01. The van der Waals surface area contributed by atoms with Crippen LogP contribution in [0.1, 0.15) is 129 Å². The third-order valence-corrected chi connectivity index (χ3v) is 5.12.